The van der Waals surface area contributed by atoms with E-state index in [-0.39, 0.29) is 10.9 Å². The number of hydrogen-bond acceptors (Lipinski definition) is 3. The number of halogens is 2. The SMILES string of the molecule is CC(Cl)C(C)(C)Nc1ncncc1Cl. The summed E-state index contributed by atoms with van der Waals surface area (Å²) in [4.78, 5) is 7.84. The number of nitrogens with zero attached hydrogens (tertiary/aromatic N) is 2. The minimum Gasteiger partial charge on any atom is -0.362 e. The molecular formula is C9H13Cl2N3. The van der Waals surface area contributed by atoms with E-state index in [1.54, 1.807) is 6.20 Å². The highest BCUT2D eigenvalue weighted by molar-refractivity contribution is 6.32. The zero-order chi connectivity index (χ0) is 10.8. The quantitative estimate of drug-likeness (QED) is 0.817. The first-order valence-corrected chi connectivity index (χ1v) is 5.12. The lowest BCUT2D eigenvalue weighted by Crippen LogP contribution is -2.39. The summed E-state index contributed by atoms with van der Waals surface area (Å²) in [7, 11) is 0. The fourth-order valence-electron chi connectivity index (χ4n) is 0.809. The Morgan fingerprint density at radius 3 is 2.64 bits per heavy atom. The van der Waals surface area contributed by atoms with Gasteiger partial charge < -0.3 is 5.32 Å². The van der Waals surface area contributed by atoms with Gasteiger partial charge in [0.25, 0.3) is 0 Å². The third kappa shape index (κ3) is 2.72. The third-order valence-corrected chi connectivity index (χ3v) is 2.92. The lowest BCUT2D eigenvalue weighted by atomic mass is 10.0. The molecule has 0 aliphatic heterocycles. The Balaban J connectivity index is 2.84. The molecule has 1 aromatic heterocycles. The largest absolute Gasteiger partial charge is 0.362 e. The third-order valence-electron chi connectivity index (χ3n) is 2.10. The highest BCUT2D eigenvalue weighted by Crippen LogP contribution is 2.24. The molecule has 0 saturated carbocycles. The Labute approximate surface area is 93.9 Å². The zero-order valence-electron chi connectivity index (χ0n) is 8.38. The van der Waals surface area contributed by atoms with Crippen LogP contribution in [0.15, 0.2) is 12.5 Å². The molecule has 0 fully saturated rings. The lowest BCUT2D eigenvalue weighted by molar-refractivity contribution is 0.552. The van der Waals surface area contributed by atoms with Crippen molar-refractivity contribution in [3.63, 3.8) is 0 Å². The summed E-state index contributed by atoms with van der Waals surface area (Å²) in [6, 6.07) is 0. The summed E-state index contributed by atoms with van der Waals surface area (Å²) >= 11 is 11.9. The highest BCUT2D eigenvalue weighted by atomic mass is 35.5. The molecule has 0 amide bonds. The molecule has 1 rings (SSSR count). The summed E-state index contributed by atoms with van der Waals surface area (Å²) in [5.41, 5.74) is -0.264. The number of rotatable bonds is 3. The second-order valence-corrected chi connectivity index (χ2v) is 4.74. The molecule has 0 aliphatic rings. The average Bonchev–Trinajstić information content (AvgIpc) is 2.08. The number of hydrogen-bond donors (Lipinski definition) is 1. The molecule has 1 atom stereocenters. The van der Waals surface area contributed by atoms with Crippen LogP contribution in [0.3, 0.4) is 0 Å². The van der Waals surface area contributed by atoms with Crippen molar-refractivity contribution < 1.29 is 0 Å². The Bertz CT molecular complexity index is 313. The number of alkyl halides is 1. The van der Waals surface area contributed by atoms with Crippen LogP contribution in [0.5, 0.6) is 0 Å². The van der Waals surface area contributed by atoms with Crippen molar-refractivity contribution in [3.8, 4) is 0 Å². The number of aromatic nitrogens is 2. The van der Waals surface area contributed by atoms with Crippen molar-refractivity contribution in [2.45, 2.75) is 31.7 Å². The number of anilines is 1. The van der Waals surface area contributed by atoms with Gasteiger partial charge in [0, 0.05) is 5.54 Å². The Kier molecular flexibility index (Phi) is 3.56. The van der Waals surface area contributed by atoms with E-state index in [4.69, 9.17) is 23.2 Å². The molecular weight excluding hydrogens is 221 g/mol. The molecule has 0 aromatic carbocycles. The van der Waals surface area contributed by atoms with Crippen LogP contribution in [0.1, 0.15) is 20.8 Å². The fraction of sp³-hybridized carbons (Fsp3) is 0.556. The van der Waals surface area contributed by atoms with Crippen LogP contribution in [-0.2, 0) is 0 Å². The summed E-state index contributed by atoms with van der Waals surface area (Å²) in [5, 5.41) is 3.64. The van der Waals surface area contributed by atoms with Crippen molar-refractivity contribution >= 4 is 29.0 Å². The first-order chi connectivity index (χ1) is 6.43. The van der Waals surface area contributed by atoms with Crippen LogP contribution < -0.4 is 5.32 Å². The zero-order valence-corrected chi connectivity index (χ0v) is 9.89. The van der Waals surface area contributed by atoms with Crippen molar-refractivity contribution in [3.05, 3.63) is 17.5 Å². The van der Waals surface area contributed by atoms with Crippen molar-refractivity contribution in [2.75, 3.05) is 5.32 Å². The van der Waals surface area contributed by atoms with Gasteiger partial charge in [0.15, 0.2) is 0 Å². The van der Waals surface area contributed by atoms with Gasteiger partial charge in [0.05, 0.1) is 11.6 Å². The smallest absolute Gasteiger partial charge is 0.148 e. The van der Waals surface area contributed by atoms with Gasteiger partial charge in [-0.3, -0.25) is 0 Å². The molecule has 1 unspecified atom stereocenters. The normalized spacial score (nSPS) is 13.8. The second-order valence-electron chi connectivity index (χ2n) is 3.68. The molecule has 5 heteroatoms. The lowest BCUT2D eigenvalue weighted by Gasteiger charge is -2.29. The van der Waals surface area contributed by atoms with Crippen molar-refractivity contribution in [1.29, 1.82) is 0 Å². The molecule has 1 aromatic rings. The van der Waals surface area contributed by atoms with E-state index < -0.39 is 0 Å². The number of nitrogens with one attached hydrogen (secondary N) is 1. The van der Waals surface area contributed by atoms with Gasteiger partial charge in [0.2, 0.25) is 0 Å². The topological polar surface area (TPSA) is 37.8 Å². The maximum atomic E-state index is 6.02. The first kappa shape index (κ1) is 11.5. The standard InChI is InChI=1S/C9H13Cl2N3/c1-6(10)9(2,3)14-8-7(11)4-12-5-13-8/h4-6H,1-3H3,(H,12,13,14). The predicted octanol–water partition coefficient (Wildman–Crippen LogP) is 2.95. The summed E-state index contributed by atoms with van der Waals surface area (Å²) in [5.74, 6) is 0.610. The maximum Gasteiger partial charge on any atom is 0.148 e. The molecule has 14 heavy (non-hydrogen) atoms. The molecule has 0 spiro atoms. The first-order valence-electron chi connectivity index (χ1n) is 4.31. The molecule has 0 saturated heterocycles. The molecule has 0 bridgehead atoms. The van der Waals surface area contributed by atoms with E-state index in [9.17, 15) is 0 Å². The molecule has 78 valence electrons. The van der Waals surface area contributed by atoms with Crippen LogP contribution in [0.25, 0.3) is 0 Å². The van der Waals surface area contributed by atoms with Gasteiger partial charge in [-0.2, -0.15) is 0 Å². The van der Waals surface area contributed by atoms with Crippen molar-refractivity contribution in [1.82, 2.24) is 9.97 Å². The van der Waals surface area contributed by atoms with Gasteiger partial charge in [-0.05, 0) is 20.8 Å². The highest BCUT2D eigenvalue weighted by Gasteiger charge is 2.24. The molecule has 1 N–H and O–H groups in total. The Hall–Kier alpha value is -0.540. The van der Waals surface area contributed by atoms with Gasteiger partial charge in [-0.15, -0.1) is 11.6 Å². The average molecular weight is 234 g/mol. The monoisotopic (exact) mass is 233 g/mol. The van der Waals surface area contributed by atoms with Crippen LogP contribution in [-0.4, -0.2) is 20.9 Å². The maximum absolute atomic E-state index is 6.02. The predicted molar refractivity (Wildman–Crippen MR) is 60.1 cm³/mol. The van der Waals surface area contributed by atoms with E-state index in [0.717, 1.165) is 0 Å². The van der Waals surface area contributed by atoms with E-state index in [2.05, 4.69) is 15.3 Å². The van der Waals surface area contributed by atoms with Crippen LogP contribution >= 0.6 is 23.2 Å². The molecule has 0 radical (unpaired) electrons. The fourth-order valence-corrected chi connectivity index (χ4v) is 1.02. The second kappa shape index (κ2) is 4.32. The van der Waals surface area contributed by atoms with Gasteiger partial charge in [-0.25, -0.2) is 9.97 Å². The van der Waals surface area contributed by atoms with Gasteiger partial charge in [-0.1, -0.05) is 11.6 Å². The van der Waals surface area contributed by atoms with Gasteiger partial charge >= 0.3 is 0 Å². The Morgan fingerprint density at radius 1 is 1.50 bits per heavy atom. The summed E-state index contributed by atoms with van der Waals surface area (Å²) in [6.07, 6.45) is 3.00. The summed E-state index contributed by atoms with van der Waals surface area (Å²) < 4.78 is 0. The van der Waals surface area contributed by atoms with E-state index in [1.807, 2.05) is 20.8 Å². The Morgan fingerprint density at radius 2 is 2.14 bits per heavy atom. The molecule has 0 aliphatic carbocycles. The van der Waals surface area contributed by atoms with Crippen molar-refractivity contribution in [2.24, 2.45) is 0 Å². The van der Waals surface area contributed by atoms with E-state index in [0.29, 0.717) is 10.8 Å². The molecule has 3 nitrogen and oxygen atoms in total. The van der Waals surface area contributed by atoms with Gasteiger partial charge in [0.1, 0.15) is 17.2 Å². The minimum atomic E-state index is -0.264. The van der Waals surface area contributed by atoms with Crippen LogP contribution in [0.2, 0.25) is 5.02 Å². The van der Waals surface area contributed by atoms with Crippen LogP contribution in [0.4, 0.5) is 5.82 Å². The molecule has 1 heterocycles. The minimum absolute atomic E-state index is 0.0338. The van der Waals surface area contributed by atoms with Crippen LogP contribution in [0, 0.1) is 0 Å². The summed E-state index contributed by atoms with van der Waals surface area (Å²) in [6.45, 7) is 5.90. The van der Waals surface area contributed by atoms with E-state index >= 15 is 0 Å². The van der Waals surface area contributed by atoms with E-state index in [1.165, 1.54) is 6.33 Å².